The summed E-state index contributed by atoms with van der Waals surface area (Å²) in [6, 6.07) is 6.78. The molecule has 3 fully saturated rings. The fourth-order valence-corrected chi connectivity index (χ4v) is 4.73. The Hall–Kier alpha value is -0.970. The lowest BCUT2D eigenvalue weighted by atomic mass is 9.76. The summed E-state index contributed by atoms with van der Waals surface area (Å²) in [5.74, 6) is 1.02. The molecule has 2 saturated heterocycles. The van der Waals surface area contributed by atoms with Crippen LogP contribution >= 0.6 is 0 Å². The third-order valence-corrected chi connectivity index (χ3v) is 6.30. The molecule has 1 aromatic heterocycles. The Morgan fingerprint density at radius 2 is 2.08 bits per heavy atom. The van der Waals surface area contributed by atoms with Crippen LogP contribution in [0.2, 0.25) is 0 Å². The lowest BCUT2D eigenvalue weighted by molar-refractivity contribution is 0.102. The highest BCUT2D eigenvalue weighted by molar-refractivity contribution is 5.06. The zero-order chi connectivity index (χ0) is 16.4. The van der Waals surface area contributed by atoms with Crippen LogP contribution in [0.4, 0.5) is 0 Å². The van der Waals surface area contributed by atoms with E-state index in [1.165, 1.54) is 64.0 Å². The van der Waals surface area contributed by atoms with Crippen molar-refractivity contribution in [2.75, 3.05) is 39.9 Å². The molecule has 1 aromatic rings. The summed E-state index contributed by atoms with van der Waals surface area (Å²) >= 11 is 0. The zero-order valence-corrected chi connectivity index (χ0v) is 15.0. The number of hydrogen-bond acceptors (Lipinski definition) is 4. The first-order valence-electron chi connectivity index (χ1n) is 9.62. The molecule has 2 aliphatic heterocycles. The highest BCUT2D eigenvalue weighted by Crippen LogP contribution is 2.44. The highest BCUT2D eigenvalue weighted by Gasteiger charge is 2.45. The van der Waals surface area contributed by atoms with Crippen molar-refractivity contribution in [3.05, 3.63) is 30.1 Å². The van der Waals surface area contributed by atoms with Crippen LogP contribution in [0.1, 0.15) is 37.8 Å². The average Bonchev–Trinajstić information content (AvgIpc) is 3.36. The molecule has 3 heterocycles. The molecule has 4 heteroatoms. The Balaban J connectivity index is 1.38. The molecule has 0 unspecified atom stereocenters. The number of aromatic nitrogens is 1. The van der Waals surface area contributed by atoms with Gasteiger partial charge >= 0.3 is 0 Å². The van der Waals surface area contributed by atoms with E-state index in [4.69, 9.17) is 4.74 Å². The van der Waals surface area contributed by atoms with Gasteiger partial charge in [-0.2, -0.15) is 0 Å². The van der Waals surface area contributed by atoms with Crippen LogP contribution in [0.15, 0.2) is 24.4 Å². The van der Waals surface area contributed by atoms with Crippen LogP contribution in [0.25, 0.3) is 0 Å². The fraction of sp³-hybridized carbons (Fsp3) is 0.750. The number of hydrogen-bond donors (Lipinski definition) is 0. The summed E-state index contributed by atoms with van der Waals surface area (Å²) in [6.45, 7) is 6.98. The van der Waals surface area contributed by atoms with Crippen LogP contribution in [0.3, 0.4) is 0 Å². The second-order valence-electron chi connectivity index (χ2n) is 8.28. The van der Waals surface area contributed by atoms with Gasteiger partial charge in [0.15, 0.2) is 0 Å². The summed E-state index contributed by atoms with van der Waals surface area (Å²) < 4.78 is 5.54. The third kappa shape index (κ3) is 3.81. The van der Waals surface area contributed by atoms with Crippen molar-refractivity contribution in [2.24, 2.45) is 11.3 Å². The monoisotopic (exact) mass is 329 g/mol. The van der Waals surface area contributed by atoms with Crippen molar-refractivity contribution < 1.29 is 4.74 Å². The van der Waals surface area contributed by atoms with Crippen LogP contribution < -0.4 is 0 Å². The van der Waals surface area contributed by atoms with Crippen molar-refractivity contribution in [1.29, 1.82) is 0 Å². The molecular weight excluding hydrogens is 298 g/mol. The standard InChI is InChI=1S/C20H31N3O/c1-24-15-19-12-20(7-10-22(11-8-20)13-17-5-6-17)16-23(19)14-18-4-2-3-9-21-18/h2-4,9,17,19H,5-8,10-16H2,1H3/t19-/m0/s1. The number of likely N-dealkylation sites (tertiary alicyclic amines) is 2. The predicted molar refractivity (Wildman–Crippen MR) is 95.8 cm³/mol. The number of pyridine rings is 1. The summed E-state index contributed by atoms with van der Waals surface area (Å²) in [7, 11) is 1.84. The van der Waals surface area contributed by atoms with Gasteiger partial charge in [-0.05, 0) is 68.7 Å². The van der Waals surface area contributed by atoms with Gasteiger partial charge in [0.1, 0.15) is 0 Å². The third-order valence-electron chi connectivity index (χ3n) is 6.30. The summed E-state index contributed by atoms with van der Waals surface area (Å²) in [6.07, 6.45) is 8.86. The second-order valence-corrected chi connectivity index (χ2v) is 8.28. The van der Waals surface area contributed by atoms with E-state index in [9.17, 15) is 0 Å². The molecule has 1 saturated carbocycles. The van der Waals surface area contributed by atoms with Gasteiger partial charge in [0, 0.05) is 39.0 Å². The van der Waals surface area contributed by atoms with Gasteiger partial charge in [0.2, 0.25) is 0 Å². The maximum absolute atomic E-state index is 5.54. The molecule has 0 amide bonds. The van der Waals surface area contributed by atoms with E-state index in [-0.39, 0.29) is 0 Å². The Morgan fingerprint density at radius 3 is 2.75 bits per heavy atom. The molecule has 1 spiro atoms. The minimum atomic E-state index is 0.512. The summed E-state index contributed by atoms with van der Waals surface area (Å²) in [5, 5.41) is 0. The lowest BCUT2D eigenvalue weighted by Gasteiger charge is -2.39. The van der Waals surface area contributed by atoms with Gasteiger partial charge in [-0.3, -0.25) is 9.88 Å². The SMILES string of the molecule is COC[C@@H]1CC2(CCN(CC3CC3)CC2)CN1Cc1ccccn1. The van der Waals surface area contributed by atoms with E-state index >= 15 is 0 Å². The molecule has 3 aliphatic rings. The molecule has 4 rings (SSSR count). The molecule has 0 radical (unpaired) electrons. The van der Waals surface area contributed by atoms with Crippen molar-refractivity contribution in [1.82, 2.24) is 14.8 Å². The number of methoxy groups -OCH3 is 1. The Kier molecular flexibility index (Phi) is 4.88. The fourth-order valence-electron chi connectivity index (χ4n) is 4.73. The molecule has 4 nitrogen and oxygen atoms in total. The van der Waals surface area contributed by atoms with Crippen molar-refractivity contribution in [3.8, 4) is 0 Å². The topological polar surface area (TPSA) is 28.6 Å². The Bertz CT molecular complexity index is 523. The Labute approximate surface area is 146 Å². The van der Waals surface area contributed by atoms with Gasteiger partial charge in [0.05, 0.1) is 12.3 Å². The van der Waals surface area contributed by atoms with Gasteiger partial charge in [-0.25, -0.2) is 0 Å². The maximum atomic E-state index is 5.54. The molecule has 0 bridgehead atoms. The van der Waals surface area contributed by atoms with Crippen molar-refractivity contribution >= 4 is 0 Å². The Morgan fingerprint density at radius 1 is 1.25 bits per heavy atom. The molecular formula is C20H31N3O. The van der Waals surface area contributed by atoms with Crippen molar-refractivity contribution in [3.63, 3.8) is 0 Å². The van der Waals surface area contributed by atoms with Crippen molar-refractivity contribution in [2.45, 2.75) is 44.7 Å². The van der Waals surface area contributed by atoms with E-state index in [0.717, 1.165) is 19.1 Å². The number of piperidine rings is 1. The smallest absolute Gasteiger partial charge is 0.0618 e. The van der Waals surface area contributed by atoms with Gasteiger partial charge in [-0.15, -0.1) is 0 Å². The average molecular weight is 329 g/mol. The van der Waals surface area contributed by atoms with Gasteiger partial charge in [0.25, 0.3) is 0 Å². The summed E-state index contributed by atoms with van der Waals surface area (Å²) in [5.41, 5.74) is 1.69. The first kappa shape index (κ1) is 16.5. The van der Waals surface area contributed by atoms with E-state index in [1.807, 2.05) is 19.4 Å². The van der Waals surface area contributed by atoms with Gasteiger partial charge in [-0.1, -0.05) is 6.07 Å². The normalized spacial score (nSPS) is 27.8. The predicted octanol–water partition coefficient (Wildman–Crippen LogP) is 2.79. The van der Waals surface area contributed by atoms with Crippen LogP contribution in [0.5, 0.6) is 0 Å². The molecule has 24 heavy (non-hydrogen) atoms. The maximum Gasteiger partial charge on any atom is 0.0618 e. The first-order chi connectivity index (χ1) is 11.8. The minimum Gasteiger partial charge on any atom is -0.383 e. The minimum absolute atomic E-state index is 0.512. The van der Waals surface area contributed by atoms with E-state index in [1.54, 1.807) is 0 Å². The molecule has 1 atom stereocenters. The molecule has 1 aliphatic carbocycles. The summed E-state index contributed by atoms with van der Waals surface area (Å²) in [4.78, 5) is 9.88. The number of rotatable bonds is 6. The molecule has 0 aromatic carbocycles. The van der Waals surface area contributed by atoms with E-state index < -0.39 is 0 Å². The second kappa shape index (κ2) is 7.11. The van der Waals surface area contributed by atoms with E-state index in [0.29, 0.717) is 11.5 Å². The molecule has 132 valence electrons. The largest absolute Gasteiger partial charge is 0.383 e. The van der Waals surface area contributed by atoms with E-state index in [2.05, 4.69) is 26.9 Å². The van der Waals surface area contributed by atoms with Crippen LogP contribution in [0, 0.1) is 11.3 Å². The van der Waals surface area contributed by atoms with Gasteiger partial charge < -0.3 is 9.64 Å². The first-order valence-corrected chi connectivity index (χ1v) is 9.62. The number of nitrogens with zero attached hydrogens (tertiary/aromatic N) is 3. The molecule has 0 N–H and O–H groups in total. The zero-order valence-electron chi connectivity index (χ0n) is 15.0. The van der Waals surface area contributed by atoms with Crippen LogP contribution in [-0.2, 0) is 11.3 Å². The van der Waals surface area contributed by atoms with Crippen LogP contribution in [-0.4, -0.2) is 60.7 Å². The highest BCUT2D eigenvalue weighted by atomic mass is 16.5. The number of ether oxygens (including phenoxy) is 1. The quantitative estimate of drug-likeness (QED) is 0.802. The lowest BCUT2D eigenvalue weighted by Crippen LogP contribution is -2.42.